The second-order valence-corrected chi connectivity index (χ2v) is 6.69. The Hall–Kier alpha value is -2.04. The highest BCUT2D eigenvalue weighted by atomic mass is 16.2. The monoisotopic (exact) mass is 315 g/mol. The molecule has 124 valence electrons. The molecule has 0 aromatic heterocycles. The lowest BCUT2D eigenvalue weighted by Crippen LogP contribution is -2.37. The van der Waals surface area contributed by atoms with Crippen LogP contribution in [0, 0.1) is 11.8 Å². The molecule has 1 saturated carbocycles. The number of likely N-dealkylation sites (tertiary alicyclic amines) is 1. The molecule has 2 fully saturated rings. The molecule has 2 amide bonds. The van der Waals surface area contributed by atoms with Crippen molar-refractivity contribution in [2.45, 2.75) is 19.3 Å². The zero-order valence-corrected chi connectivity index (χ0v) is 13.7. The van der Waals surface area contributed by atoms with Crippen molar-refractivity contribution in [3.05, 3.63) is 30.3 Å². The Balaban J connectivity index is 1.40. The van der Waals surface area contributed by atoms with Gasteiger partial charge in [-0.2, -0.15) is 0 Å². The summed E-state index contributed by atoms with van der Waals surface area (Å²) in [5.74, 6) is 0.653. The van der Waals surface area contributed by atoms with Crippen LogP contribution in [0.25, 0.3) is 0 Å². The highest BCUT2D eigenvalue weighted by molar-refractivity contribution is 5.89. The number of amides is 2. The average Bonchev–Trinajstić information content (AvgIpc) is 3.30. The van der Waals surface area contributed by atoms with Crippen LogP contribution in [0.15, 0.2) is 30.3 Å². The molecular formula is C18H25N3O2. The minimum absolute atomic E-state index is 0.0121. The van der Waals surface area contributed by atoms with E-state index in [4.69, 9.17) is 0 Å². The van der Waals surface area contributed by atoms with Crippen molar-refractivity contribution in [2.75, 3.05) is 38.1 Å². The van der Waals surface area contributed by atoms with E-state index in [-0.39, 0.29) is 17.7 Å². The molecule has 1 aliphatic carbocycles. The third-order valence-electron chi connectivity index (χ3n) is 4.70. The third-order valence-corrected chi connectivity index (χ3v) is 4.70. The summed E-state index contributed by atoms with van der Waals surface area (Å²) in [6, 6.07) is 10.1. The maximum atomic E-state index is 12.2. The van der Waals surface area contributed by atoms with E-state index in [2.05, 4.69) is 10.2 Å². The Kier molecular flexibility index (Phi) is 4.84. The summed E-state index contributed by atoms with van der Waals surface area (Å²) in [5, 5.41) is 2.98. The summed E-state index contributed by atoms with van der Waals surface area (Å²) in [5.41, 5.74) is 1.13. The largest absolute Gasteiger partial charge is 0.373 e. The maximum absolute atomic E-state index is 12.2. The fourth-order valence-electron chi connectivity index (χ4n) is 3.04. The number of likely N-dealkylation sites (N-methyl/N-ethyl adjacent to an activating group) is 1. The molecule has 1 aliphatic heterocycles. The first kappa shape index (κ1) is 15.8. The number of carbonyl (C=O) groups excluding carboxylic acids is 2. The Morgan fingerprint density at radius 2 is 2.04 bits per heavy atom. The number of anilines is 1. The normalized spacial score (nSPS) is 20.7. The van der Waals surface area contributed by atoms with E-state index in [1.165, 1.54) is 12.8 Å². The number of hydrogen-bond acceptors (Lipinski definition) is 3. The highest BCUT2D eigenvalue weighted by Crippen LogP contribution is 2.31. The molecule has 1 unspecified atom stereocenters. The van der Waals surface area contributed by atoms with E-state index >= 15 is 0 Å². The van der Waals surface area contributed by atoms with E-state index < -0.39 is 0 Å². The van der Waals surface area contributed by atoms with Gasteiger partial charge in [0.1, 0.15) is 0 Å². The van der Waals surface area contributed by atoms with Crippen molar-refractivity contribution < 1.29 is 9.59 Å². The number of para-hydroxylation sites is 1. The second kappa shape index (κ2) is 7.02. The van der Waals surface area contributed by atoms with Gasteiger partial charge >= 0.3 is 0 Å². The van der Waals surface area contributed by atoms with Crippen LogP contribution in [0.3, 0.4) is 0 Å². The summed E-state index contributed by atoms with van der Waals surface area (Å²) in [6.45, 7) is 2.79. The van der Waals surface area contributed by atoms with Crippen LogP contribution in [0.5, 0.6) is 0 Å². The molecule has 1 aromatic rings. The average molecular weight is 315 g/mol. The molecule has 1 aromatic carbocycles. The molecule has 2 aliphatic rings. The van der Waals surface area contributed by atoms with Crippen molar-refractivity contribution in [1.82, 2.24) is 10.2 Å². The van der Waals surface area contributed by atoms with Crippen LogP contribution in [0.4, 0.5) is 5.69 Å². The Labute approximate surface area is 137 Å². The summed E-state index contributed by atoms with van der Waals surface area (Å²) < 4.78 is 0. The molecule has 0 spiro atoms. The molecule has 3 rings (SSSR count). The van der Waals surface area contributed by atoms with Gasteiger partial charge in [-0.3, -0.25) is 9.59 Å². The predicted molar refractivity (Wildman–Crippen MR) is 90.1 cm³/mol. The van der Waals surface area contributed by atoms with E-state index in [0.29, 0.717) is 25.4 Å². The second-order valence-electron chi connectivity index (χ2n) is 6.69. The standard InChI is InChI=1S/C18H25N3O2/c1-20(16-5-3-2-4-6-16)10-9-19-18(23)15-11-17(22)21(13-15)12-14-7-8-14/h2-6,14-15H,7-13H2,1H3,(H,19,23). The summed E-state index contributed by atoms with van der Waals surface area (Å²) in [7, 11) is 2.01. The number of nitrogens with one attached hydrogen (secondary N) is 1. The summed E-state index contributed by atoms with van der Waals surface area (Å²) in [4.78, 5) is 28.2. The third kappa shape index (κ3) is 4.24. The first-order valence-electron chi connectivity index (χ1n) is 8.45. The van der Waals surface area contributed by atoms with Crippen molar-refractivity contribution in [1.29, 1.82) is 0 Å². The first-order chi connectivity index (χ1) is 11.1. The van der Waals surface area contributed by atoms with E-state index in [1.54, 1.807) is 0 Å². The molecule has 1 heterocycles. The van der Waals surface area contributed by atoms with E-state index in [9.17, 15) is 9.59 Å². The van der Waals surface area contributed by atoms with E-state index in [0.717, 1.165) is 18.8 Å². The Bertz CT molecular complexity index is 557. The molecular weight excluding hydrogens is 290 g/mol. The predicted octanol–water partition coefficient (Wildman–Crippen LogP) is 1.50. The molecule has 1 N–H and O–H groups in total. The van der Waals surface area contributed by atoms with Crippen LogP contribution in [0.2, 0.25) is 0 Å². The molecule has 0 radical (unpaired) electrons. The van der Waals surface area contributed by atoms with Crippen molar-refractivity contribution in [2.24, 2.45) is 11.8 Å². The smallest absolute Gasteiger partial charge is 0.225 e. The summed E-state index contributed by atoms with van der Waals surface area (Å²) in [6.07, 6.45) is 2.83. The van der Waals surface area contributed by atoms with Crippen LogP contribution < -0.4 is 10.2 Å². The number of carbonyl (C=O) groups is 2. The number of hydrogen-bond donors (Lipinski definition) is 1. The van der Waals surface area contributed by atoms with Gasteiger partial charge in [-0.1, -0.05) is 18.2 Å². The van der Waals surface area contributed by atoms with Crippen LogP contribution in [-0.4, -0.2) is 49.9 Å². The van der Waals surface area contributed by atoms with Gasteiger partial charge in [0.05, 0.1) is 5.92 Å². The minimum atomic E-state index is -0.178. The quantitative estimate of drug-likeness (QED) is 0.829. The SMILES string of the molecule is CN(CCNC(=O)C1CC(=O)N(CC2CC2)C1)c1ccccc1. The number of benzene rings is 1. The fraction of sp³-hybridized carbons (Fsp3) is 0.556. The fourth-order valence-corrected chi connectivity index (χ4v) is 3.04. The number of nitrogens with zero attached hydrogens (tertiary/aromatic N) is 2. The molecule has 1 atom stereocenters. The highest BCUT2D eigenvalue weighted by Gasteiger charge is 2.36. The van der Waals surface area contributed by atoms with Gasteiger partial charge in [0.25, 0.3) is 0 Å². The molecule has 1 saturated heterocycles. The maximum Gasteiger partial charge on any atom is 0.225 e. The van der Waals surface area contributed by atoms with Gasteiger partial charge in [0.15, 0.2) is 0 Å². The Morgan fingerprint density at radius 1 is 1.30 bits per heavy atom. The van der Waals surface area contributed by atoms with Gasteiger partial charge in [-0.15, -0.1) is 0 Å². The van der Waals surface area contributed by atoms with Gasteiger partial charge in [-0.05, 0) is 30.9 Å². The first-order valence-corrected chi connectivity index (χ1v) is 8.45. The van der Waals surface area contributed by atoms with Gasteiger partial charge in [-0.25, -0.2) is 0 Å². The minimum Gasteiger partial charge on any atom is -0.373 e. The molecule has 0 bridgehead atoms. The van der Waals surface area contributed by atoms with Gasteiger partial charge in [0, 0.05) is 45.3 Å². The van der Waals surface area contributed by atoms with Crippen LogP contribution in [0.1, 0.15) is 19.3 Å². The van der Waals surface area contributed by atoms with Crippen LogP contribution >= 0.6 is 0 Å². The zero-order valence-electron chi connectivity index (χ0n) is 13.7. The van der Waals surface area contributed by atoms with Crippen LogP contribution in [-0.2, 0) is 9.59 Å². The lowest BCUT2D eigenvalue weighted by Gasteiger charge is -2.20. The zero-order chi connectivity index (χ0) is 16.2. The van der Waals surface area contributed by atoms with Gasteiger partial charge in [0.2, 0.25) is 11.8 Å². The van der Waals surface area contributed by atoms with Crippen molar-refractivity contribution >= 4 is 17.5 Å². The number of rotatable bonds is 7. The Morgan fingerprint density at radius 3 is 2.74 bits per heavy atom. The van der Waals surface area contributed by atoms with Gasteiger partial charge < -0.3 is 15.1 Å². The lowest BCUT2D eigenvalue weighted by molar-refractivity contribution is -0.129. The van der Waals surface area contributed by atoms with Crippen molar-refractivity contribution in [3.8, 4) is 0 Å². The molecule has 23 heavy (non-hydrogen) atoms. The molecule has 5 heteroatoms. The van der Waals surface area contributed by atoms with E-state index in [1.807, 2.05) is 42.3 Å². The van der Waals surface area contributed by atoms with Crippen molar-refractivity contribution in [3.63, 3.8) is 0 Å². The molecule has 5 nitrogen and oxygen atoms in total. The summed E-state index contributed by atoms with van der Waals surface area (Å²) >= 11 is 0. The topological polar surface area (TPSA) is 52.7 Å². The lowest BCUT2D eigenvalue weighted by atomic mass is 10.1.